The number of piperazine rings is 1. The Hall–Kier alpha value is -2.66. The van der Waals surface area contributed by atoms with Crippen LogP contribution in [0.1, 0.15) is 22.8 Å². The molecule has 1 saturated heterocycles. The Bertz CT molecular complexity index is 828. The van der Waals surface area contributed by atoms with Gasteiger partial charge in [0, 0.05) is 43.5 Å². The van der Waals surface area contributed by atoms with Crippen molar-refractivity contribution < 1.29 is 9.59 Å². The minimum Gasteiger partial charge on any atom is -0.336 e. The van der Waals surface area contributed by atoms with Crippen LogP contribution in [0.5, 0.6) is 0 Å². The van der Waals surface area contributed by atoms with Gasteiger partial charge in [0.2, 0.25) is 5.91 Å². The Morgan fingerprint density at radius 1 is 0.926 bits per heavy atom. The summed E-state index contributed by atoms with van der Waals surface area (Å²) in [6.45, 7) is 5.29. The predicted molar refractivity (Wildman–Crippen MR) is 106 cm³/mol. The fourth-order valence-corrected chi connectivity index (χ4v) is 4.09. The van der Waals surface area contributed by atoms with E-state index in [0.29, 0.717) is 19.6 Å². The monoisotopic (exact) mass is 363 g/mol. The minimum absolute atomic E-state index is 0.0728. The summed E-state index contributed by atoms with van der Waals surface area (Å²) >= 11 is 0. The van der Waals surface area contributed by atoms with E-state index < -0.39 is 0 Å². The number of hydrogen-bond acceptors (Lipinski definition) is 3. The Morgan fingerprint density at radius 3 is 2.33 bits per heavy atom. The highest BCUT2D eigenvalue weighted by atomic mass is 16.2. The highest BCUT2D eigenvalue weighted by molar-refractivity contribution is 5.97. The van der Waals surface area contributed by atoms with E-state index in [1.165, 1.54) is 5.56 Å². The number of hydrogen-bond donors (Lipinski definition) is 0. The first-order chi connectivity index (χ1) is 13.1. The molecule has 0 spiro atoms. The third-order valence-corrected chi connectivity index (χ3v) is 5.52. The van der Waals surface area contributed by atoms with Gasteiger partial charge in [-0.25, -0.2) is 0 Å². The zero-order valence-corrected chi connectivity index (χ0v) is 15.7. The molecule has 5 heteroatoms. The standard InChI is InChI=1S/C22H25N3O2/c1-17-15-19-9-5-6-10-20(19)25(17)21(26)16-23-11-13-24(14-12-23)22(27)18-7-3-2-4-8-18/h2-10,17H,11-16H2,1H3/t17-/m1/s1. The SMILES string of the molecule is C[C@@H]1Cc2ccccc2N1C(=O)CN1CCN(C(=O)c2ccccc2)CC1. The van der Waals surface area contributed by atoms with Crippen molar-refractivity contribution in [2.24, 2.45) is 0 Å². The second kappa shape index (κ2) is 7.53. The van der Waals surface area contributed by atoms with Crippen LogP contribution in [0.15, 0.2) is 54.6 Å². The maximum Gasteiger partial charge on any atom is 0.253 e. The molecule has 0 bridgehead atoms. The summed E-state index contributed by atoms with van der Waals surface area (Å²) in [6.07, 6.45) is 0.918. The van der Waals surface area contributed by atoms with Crippen molar-refractivity contribution in [2.75, 3.05) is 37.6 Å². The van der Waals surface area contributed by atoms with Crippen molar-refractivity contribution in [3.05, 3.63) is 65.7 Å². The molecule has 2 aromatic carbocycles. The molecule has 2 aromatic rings. The van der Waals surface area contributed by atoms with Crippen molar-refractivity contribution in [3.8, 4) is 0 Å². The molecule has 0 saturated carbocycles. The molecule has 2 aliphatic rings. The van der Waals surface area contributed by atoms with Crippen LogP contribution < -0.4 is 4.90 Å². The summed E-state index contributed by atoms with van der Waals surface area (Å²) in [7, 11) is 0. The molecular formula is C22H25N3O2. The molecule has 0 aromatic heterocycles. The van der Waals surface area contributed by atoms with Crippen LogP contribution in [0.3, 0.4) is 0 Å². The van der Waals surface area contributed by atoms with Crippen LogP contribution in [0, 0.1) is 0 Å². The molecule has 0 radical (unpaired) electrons. The maximum atomic E-state index is 12.9. The van der Waals surface area contributed by atoms with Gasteiger partial charge in [-0.2, -0.15) is 0 Å². The fraction of sp³-hybridized carbons (Fsp3) is 0.364. The van der Waals surface area contributed by atoms with E-state index >= 15 is 0 Å². The molecule has 2 aliphatic heterocycles. The minimum atomic E-state index is 0.0728. The number of anilines is 1. The number of carbonyl (C=O) groups is 2. The highest BCUT2D eigenvalue weighted by Gasteiger charge is 2.32. The van der Waals surface area contributed by atoms with Crippen LogP contribution in [0.4, 0.5) is 5.69 Å². The van der Waals surface area contributed by atoms with E-state index in [9.17, 15) is 9.59 Å². The number of nitrogens with zero attached hydrogens (tertiary/aromatic N) is 3. The van der Waals surface area contributed by atoms with Crippen molar-refractivity contribution in [2.45, 2.75) is 19.4 Å². The van der Waals surface area contributed by atoms with Crippen LogP contribution in [0.25, 0.3) is 0 Å². The highest BCUT2D eigenvalue weighted by Crippen LogP contribution is 2.31. The van der Waals surface area contributed by atoms with Gasteiger partial charge in [0.05, 0.1) is 6.54 Å². The molecule has 1 atom stereocenters. The molecule has 1 fully saturated rings. The lowest BCUT2D eigenvalue weighted by atomic mass is 10.1. The lowest BCUT2D eigenvalue weighted by molar-refractivity contribution is -0.120. The van der Waals surface area contributed by atoms with E-state index in [1.54, 1.807) is 0 Å². The topological polar surface area (TPSA) is 43.9 Å². The van der Waals surface area contributed by atoms with Gasteiger partial charge >= 0.3 is 0 Å². The molecular weight excluding hydrogens is 338 g/mol. The Kier molecular flexibility index (Phi) is 4.94. The van der Waals surface area contributed by atoms with Crippen molar-refractivity contribution in [1.29, 1.82) is 0 Å². The van der Waals surface area contributed by atoms with Gasteiger partial charge in [0.1, 0.15) is 0 Å². The van der Waals surface area contributed by atoms with E-state index in [0.717, 1.165) is 30.8 Å². The molecule has 0 N–H and O–H groups in total. The third-order valence-electron chi connectivity index (χ3n) is 5.52. The van der Waals surface area contributed by atoms with Crippen molar-refractivity contribution >= 4 is 17.5 Å². The Labute approximate surface area is 160 Å². The first kappa shape index (κ1) is 17.7. The molecule has 140 valence electrons. The van der Waals surface area contributed by atoms with Gasteiger partial charge in [-0.15, -0.1) is 0 Å². The van der Waals surface area contributed by atoms with Crippen LogP contribution in [-0.4, -0.2) is 60.4 Å². The number of para-hydroxylation sites is 1. The predicted octanol–water partition coefficient (Wildman–Crippen LogP) is 2.42. The van der Waals surface area contributed by atoms with E-state index in [2.05, 4.69) is 17.9 Å². The molecule has 5 nitrogen and oxygen atoms in total. The first-order valence-electron chi connectivity index (χ1n) is 9.60. The third kappa shape index (κ3) is 3.60. The number of amides is 2. The molecule has 4 rings (SSSR count). The van der Waals surface area contributed by atoms with Gasteiger partial charge in [-0.3, -0.25) is 14.5 Å². The number of rotatable bonds is 3. The Morgan fingerprint density at radius 2 is 1.59 bits per heavy atom. The van der Waals surface area contributed by atoms with E-state index in [-0.39, 0.29) is 17.9 Å². The zero-order valence-electron chi connectivity index (χ0n) is 15.7. The smallest absolute Gasteiger partial charge is 0.253 e. The van der Waals surface area contributed by atoms with Gasteiger partial charge < -0.3 is 9.80 Å². The summed E-state index contributed by atoms with van der Waals surface area (Å²) < 4.78 is 0. The largest absolute Gasteiger partial charge is 0.336 e. The van der Waals surface area contributed by atoms with Crippen LogP contribution in [0.2, 0.25) is 0 Å². The normalized spacial score (nSPS) is 19.8. The second-order valence-electron chi connectivity index (χ2n) is 7.38. The maximum absolute atomic E-state index is 12.9. The van der Waals surface area contributed by atoms with Crippen LogP contribution in [-0.2, 0) is 11.2 Å². The fourth-order valence-electron chi connectivity index (χ4n) is 4.09. The van der Waals surface area contributed by atoms with Crippen molar-refractivity contribution in [1.82, 2.24) is 9.80 Å². The molecule has 27 heavy (non-hydrogen) atoms. The van der Waals surface area contributed by atoms with Gasteiger partial charge in [0.15, 0.2) is 0 Å². The van der Waals surface area contributed by atoms with E-state index in [1.807, 2.05) is 58.3 Å². The average Bonchev–Trinajstić information content (AvgIpc) is 3.04. The summed E-state index contributed by atoms with van der Waals surface area (Å²) in [5.74, 6) is 0.221. The van der Waals surface area contributed by atoms with Gasteiger partial charge in [-0.05, 0) is 37.1 Å². The number of benzene rings is 2. The van der Waals surface area contributed by atoms with E-state index in [4.69, 9.17) is 0 Å². The molecule has 0 aliphatic carbocycles. The van der Waals surface area contributed by atoms with Gasteiger partial charge in [0.25, 0.3) is 5.91 Å². The second-order valence-corrected chi connectivity index (χ2v) is 7.38. The summed E-state index contributed by atoms with van der Waals surface area (Å²) in [4.78, 5) is 31.5. The summed E-state index contributed by atoms with van der Waals surface area (Å²) in [5, 5.41) is 0. The molecule has 2 heterocycles. The Balaban J connectivity index is 1.34. The number of fused-ring (bicyclic) bond motifs is 1. The summed E-state index contributed by atoms with van der Waals surface area (Å²) in [6, 6.07) is 17.8. The molecule has 0 unspecified atom stereocenters. The number of carbonyl (C=O) groups excluding carboxylic acids is 2. The average molecular weight is 363 g/mol. The summed E-state index contributed by atoms with van der Waals surface area (Å²) in [5.41, 5.74) is 3.02. The van der Waals surface area contributed by atoms with Crippen molar-refractivity contribution in [3.63, 3.8) is 0 Å². The first-order valence-corrected chi connectivity index (χ1v) is 9.60. The van der Waals surface area contributed by atoms with Crippen LogP contribution >= 0.6 is 0 Å². The molecule has 2 amide bonds. The lowest BCUT2D eigenvalue weighted by Crippen LogP contribution is -2.52. The zero-order chi connectivity index (χ0) is 18.8. The van der Waals surface area contributed by atoms with Gasteiger partial charge in [-0.1, -0.05) is 36.4 Å². The quantitative estimate of drug-likeness (QED) is 0.841. The lowest BCUT2D eigenvalue weighted by Gasteiger charge is -2.35.